The molecule has 1 heterocycles. The van der Waals surface area contributed by atoms with Gasteiger partial charge < -0.3 is 14.6 Å². The van der Waals surface area contributed by atoms with E-state index in [1.165, 1.54) is 18.2 Å². The lowest BCUT2D eigenvalue weighted by molar-refractivity contribution is -0.138. The Morgan fingerprint density at radius 1 is 0.979 bits per heavy atom. The van der Waals surface area contributed by atoms with E-state index in [0.717, 1.165) is 16.1 Å². The van der Waals surface area contributed by atoms with E-state index in [9.17, 15) is 18.0 Å². The molecule has 0 unspecified atom stereocenters. The van der Waals surface area contributed by atoms with Crippen molar-refractivity contribution < 1.29 is 32.5 Å². The number of hydrogen-bond acceptors (Lipinski definition) is 6. The summed E-state index contributed by atoms with van der Waals surface area (Å²) in [6.07, 6.45) is -1.09. The fraction of sp³-hybridized carbons (Fsp3) is 0.222. The standard InChI is InChI=1S/C36H33BrF3N3O4/c37-29-17-13-26(14-18-29)32-35(21-6-10-25-8-2-1-3-9-25,34(45)43-41-24-28-11-4-5-12-31(28)36(38,39)40)42-33(47-32)27-15-19-30(20-16-27)46-23-7-22-44/h1-6,8-20,32,41,44H,7,21-24H2,(H,43,45)/b10-6+/t32-,35-/m0/s1. The lowest BCUT2D eigenvalue weighted by Crippen LogP contribution is -2.52. The molecular weight excluding hydrogens is 675 g/mol. The van der Waals surface area contributed by atoms with Gasteiger partial charge in [-0.1, -0.05) is 88.7 Å². The predicted molar refractivity (Wildman–Crippen MR) is 177 cm³/mol. The van der Waals surface area contributed by atoms with Gasteiger partial charge in [0, 0.05) is 36.0 Å². The third-order valence-corrected chi connectivity index (χ3v) is 8.07. The lowest BCUT2D eigenvalue weighted by Gasteiger charge is -2.30. The Kier molecular flexibility index (Phi) is 11.1. The molecule has 0 saturated heterocycles. The summed E-state index contributed by atoms with van der Waals surface area (Å²) in [5.74, 6) is 0.250. The van der Waals surface area contributed by atoms with Crippen molar-refractivity contribution in [1.29, 1.82) is 0 Å². The average molecular weight is 709 g/mol. The Labute approximate surface area is 279 Å². The maximum absolute atomic E-state index is 14.2. The number of carbonyl (C=O) groups excluding carboxylic acids is 1. The van der Waals surface area contributed by atoms with Gasteiger partial charge in [-0.15, -0.1) is 0 Å². The van der Waals surface area contributed by atoms with Gasteiger partial charge in [0.2, 0.25) is 5.90 Å². The number of aliphatic imine (C=N–C) groups is 1. The molecule has 244 valence electrons. The van der Waals surface area contributed by atoms with Crippen LogP contribution in [0.3, 0.4) is 0 Å². The highest BCUT2D eigenvalue weighted by Crippen LogP contribution is 2.43. The number of rotatable bonds is 13. The van der Waals surface area contributed by atoms with Gasteiger partial charge in [-0.2, -0.15) is 13.2 Å². The third-order valence-electron chi connectivity index (χ3n) is 7.55. The van der Waals surface area contributed by atoms with Gasteiger partial charge in [-0.05, 0) is 59.2 Å². The van der Waals surface area contributed by atoms with Crippen molar-refractivity contribution in [2.75, 3.05) is 13.2 Å². The Morgan fingerprint density at radius 3 is 2.38 bits per heavy atom. The fourth-order valence-corrected chi connectivity index (χ4v) is 5.43. The maximum atomic E-state index is 14.2. The number of aliphatic hydroxyl groups excluding tert-OH is 1. The van der Waals surface area contributed by atoms with Crippen LogP contribution >= 0.6 is 15.9 Å². The zero-order valence-corrected chi connectivity index (χ0v) is 26.8. The first-order valence-electron chi connectivity index (χ1n) is 15.0. The van der Waals surface area contributed by atoms with Crippen molar-refractivity contribution in [3.8, 4) is 5.75 Å². The number of carbonyl (C=O) groups is 1. The summed E-state index contributed by atoms with van der Waals surface area (Å²) in [6, 6.07) is 29.2. The molecule has 0 fully saturated rings. The van der Waals surface area contributed by atoms with E-state index < -0.39 is 29.3 Å². The van der Waals surface area contributed by atoms with E-state index >= 15 is 0 Å². The summed E-state index contributed by atoms with van der Waals surface area (Å²) in [5.41, 5.74) is 5.20. The molecule has 0 radical (unpaired) electrons. The normalized spacial score (nSPS) is 17.7. The molecule has 11 heteroatoms. The number of halogens is 4. The van der Waals surface area contributed by atoms with Crippen LogP contribution in [0.5, 0.6) is 5.75 Å². The summed E-state index contributed by atoms with van der Waals surface area (Å²) in [4.78, 5) is 19.2. The summed E-state index contributed by atoms with van der Waals surface area (Å²) in [5, 5.41) is 9.04. The Bertz CT molecular complexity index is 1700. The van der Waals surface area contributed by atoms with Crippen LogP contribution in [0.2, 0.25) is 0 Å². The zero-order chi connectivity index (χ0) is 33.3. The number of hydrogen-bond donors (Lipinski definition) is 3. The SMILES string of the molecule is O=C(NNCc1ccccc1C(F)(F)F)[C@@]1(C/C=C/c2ccccc2)N=C(c2ccc(OCCCO)cc2)O[C@H]1c1ccc(Br)cc1. The van der Waals surface area contributed by atoms with Crippen molar-refractivity contribution in [1.82, 2.24) is 10.9 Å². The van der Waals surface area contributed by atoms with Gasteiger partial charge in [0.15, 0.2) is 11.6 Å². The average Bonchev–Trinajstić information content (AvgIpc) is 3.46. The van der Waals surface area contributed by atoms with Crippen molar-refractivity contribution >= 4 is 33.8 Å². The van der Waals surface area contributed by atoms with Gasteiger partial charge in [0.1, 0.15) is 5.75 Å². The summed E-state index contributed by atoms with van der Waals surface area (Å²) in [7, 11) is 0. The van der Waals surface area contributed by atoms with E-state index in [1.807, 2.05) is 66.7 Å². The molecule has 47 heavy (non-hydrogen) atoms. The van der Waals surface area contributed by atoms with Crippen LogP contribution in [0, 0.1) is 0 Å². The van der Waals surface area contributed by atoms with Gasteiger partial charge >= 0.3 is 6.18 Å². The zero-order valence-electron chi connectivity index (χ0n) is 25.2. The second-order valence-electron chi connectivity index (χ2n) is 10.8. The van der Waals surface area contributed by atoms with Crippen molar-refractivity contribution in [2.24, 2.45) is 4.99 Å². The van der Waals surface area contributed by atoms with Crippen molar-refractivity contribution in [2.45, 2.75) is 37.2 Å². The van der Waals surface area contributed by atoms with Crippen LogP contribution in [-0.2, 0) is 22.3 Å². The molecule has 1 aliphatic heterocycles. The molecule has 0 aliphatic carbocycles. The number of nitrogens with zero attached hydrogens (tertiary/aromatic N) is 1. The first-order chi connectivity index (χ1) is 22.7. The molecule has 7 nitrogen and oxygen atoms in total. The van der Waals surface area contributed by atoms with Crippen molar-refractivity contribution in [3.63, 3.8) is 0 Å². The molecule has 3 N–H and O–H groups in total. The highest BCUT2D eigenvalue weighted by atomic mass is 79.9. The largest absolute Gasteiger partial charge is 0.494 e. The number of amides is 1. The minimum Gasteiger partial charge on any atom is -0.494 e. The quantitative estimate of drug-likeness (QED) is 0.0995. The van der Waals surface area contributed by atoms with Crippen LogP contribution in [0.15, 0.2) is 119 Å². The maximum Gasteiger partial charge on any atom is 0.416 e. The summed E-state index contributed by atoms with van der Waals surface area (Å²) < 4.78 is 53.8. The van der Waals surface area contributed by atoms with E-state index in [4.69, 9.17) is 19.6 Å². The van der Waals surface area contributed by atoms with E-state index in [0.29, 0.717) is 29.9 Å². The molecular formula is C36H33BrF3N3O4. The predicted octanol–water partition coefficient (Wildman–Crippen LogP) is 7.41. The monoisotopic (exact) mass is 707 g/mol. The molecule has 1 amide bonds. The van der Waals surface area contributed by atoms with Crippen LogP contribution in [0.25, 0.3) is 6.08 Å². The number of alkyl halides is 3. The fourth-order valence-electron chi connectivity index (χ4n) is 5.17. The van der Waals surface area contributed by atoms with Gasteiger partial charge in [0.25, 0.3) is 5.91 Å². The number of hydrazine groups is 1. The Hall–Kier alpha value is -4.45. The number of ether oxygens (including phenoxy) is 2. The van der Waals surface area contributed by atoms with Crippen LogP contribution in [0.1, 0.15) is 46.8 Å². The first kappa shape index (κ1) is 33.9. The molecule has 5 rings (SSSR count). The Balaban J connectivity index is 1.49. The third kappa shape index (κ3) is 8.48. The minimum atomic E-state index is -4.55. The summed E-state index contributed by atoms with van der Waals surface area (Å²) in [6.45, 7) is 0.110. The molecule has 4 aromatic carbocycles. The first-order valence-corrected chi connectivity index (χ1v) is 15.7. The highest BCUT2D eigenvalue weighted by molar-refractivity contribution is 9.10. The molecule has 0 bridgehead atoms. The van der Waals surface area contributed by atoms with E-state index in [-0.39, 0.29) is 31.0 Å². The Morgan fingerprint density at radius 2 is 1.68 bits per heavy atom. The molecule has 0 saturated carbocycles. The molecule has 0 spiro atoms. The van der Waals surface area contributed by atoms with E-state index in [2.05, 4.69) is 26.8 Å². The van der Waals surface area contributed by atoms with Gasteiger partial charge in [0.05, 0.1) is 12.2 Å². The van der Waals surface area contributed by atoms with Gasteiger partial charge in [-0.25, -0.2) is 10.4 Å². The minimum absolute atomic E-state index is 0.0176. The summed E-state index contributed by atoms with van der Waals surface area (Å²) >= 11 is 3.46. The van der Waals surface area contributed by atoms with Crippen LogP contribution in [-0.4, -0.2) is 35.7 Å². The lowest BCUT2D eigenvalue weighted by atomic mass is 9.84. The number of nitrogens with one attached hydrogen (secondary N) is 2. The smallest absolute Gasteiger partial charge is 0.416 e. The van der Waals surface area contributed by atoms with Gasteiger partial charge in [-0.3, -0.25) is 10.2 Å². The van der Waals surface area contributed by atoms with Crippen molar-refractivity contribution in [3.05, 3.63) is 141 Å². The highest BCUT2D eigenvalue weighted by Gasteiger charge is 2.52. The second-order valence-corrected chi connectivity index (χ2v) is 11.7. The van der Waals surface area contributed by atoms with E-state index in [1.54, 1.807) is 24.3 Å². The molecule has 1 aliphatic rings. The number of benzene rings is 4. The van der Waals surface area contributed by atoms with Crippen LogP contribution < -0.4 is 15.6 Å². The van der Waals surface area contributed by atoms with Crippen LogP contribution in [0.4, 0.5) is 13.2 Å². The second kappa shape index (κ2) is 15.4. The number of aliphatic hydroxyl groups is 1. The molecule has 4 aromatic rings. The molecule has 0 aromatic heterocycles. The molecule has 2 atom stereocenters. The topological polar surface area (TPSA) is 92.2 Å².